The second kappa shape index (κ2) is 7.14. The van der Waals surface area contributed by atoms with Crippen LogP contribution in [-0.4, -0.2) is 10.9 Å². The van der Waals surface area contributed by atoms with E-state index in [0.29, 0.717) is 5.92 Å². The summed E-state index contributed by atoms with van der Waals surface area (Å²) in [5, 5.41) is 12.1. The molecule has 0 aliphatic rings. The summed E-state index contributed by atoms with van der Waals surface area (Å²) in [7, 11) is 0. The second-order valence-corrected chi connectivity index (χ2v) is 3.22. The van der Waals surface area contributed by atoms with Gasteiger partial charge in [0, 0.05) is 5.92 Å². The Hall–Kier alpha value is -0.530. The normalized spacial score (nSPS) is 12.5. The van der Waals surface area contributed by atoms with Crippen molar-refractivity contribution in [1.82, 2.24) is 0 Å². The van der Waals surface area contributed by atoms with Gasteiger partial charge < -0.3 is 5.21 Å². The minimum Gasteiger partial charge on any atom is -0.411 e. The first-order valence-electron chi connectivity index (χ1n) is 5.00. The van der Waals surface area contributed by atoms with Crippen molar-refractivity contribution in [2.75, 3.05) is 0 Å². The predicted molar refractivity (Wildman–Crippen MR) is 52.8 cm³/mol. The van der Waals surface area contributed by atoms with E-state index in [9.17, 15) is 0 Å². The monoisotopic (exact) mass is 171 g/mol. The number of oxime groups is 1. The van der Waals surface area contributed by atoms with Gasteiger partial charge in [-0.2, -0.15) is 0 Å². The van der Waals surface area contributed by atoms with Gasteiger partial charge in [0.1, 0.15) is 0 Å². The van der Waals surface area contributed by atoms with E-state index in [0.717, 1.165) is 25.0 Å². The lowest BCUT2D eigenvalue weighted by atomic mass is 9.92. The van der Waals surface area contributed by atoms with Gasteiger partial charge in [-0.05, 0) is 19.3 Å². The first-order valence-corrected chi connectivity index (χ1v) is 5.00. The fraction of sp³-hybridized carbons (Fsp3) is 0.900. The Labute approximate surface area is 75.7 Å². The molecule has 0 bridgehead atoms. The highest BCUT2D eigenvalue weighted by Gasteiger charge is 2.12. The van der Waals surface area contributed by atoms with Gasteiger partial charge in [0.15, 0.2) is 0 Å². The molecule has 0 rings (SSSR count). The highest BCUT2D eigenvalue weighted by molar-refractivity contribution is 5.85. The Morgan fingerprint density at radius 3 is 1.92 bits per heavy atom. The van der Waals surface area contributed by atoms with Gasteiger partial charge in [-0.3, -0.25) is 0 Å². The molecule has 0 aromatic carbocycles. The van der Waals surface area contributed by atoms with Gasteiger partial charge in [0.2, 0.25) is 0 Å². The van der Waals surface area contributed by atoms with Gasteiger partial charge >= 0.3 is 0 Å². The summed E-state index contributed by atoms with van der Waals surface area (Å²) >= 11 is 0. The fourth-order valence-electron chi connectivity index (χ4n) is 1.62. The number of hydrogen-bond donors (Lipinski definition) is 1. The highest BCUT2D eigenvalue weighted by Crippen LogP contribution is 2.17. The molecule has 0 fully saturated rings. The molecule has 0 aromatic heterocycles. The van der Waals surface area contributed by atoms with Crippen molar-refractivity contribution in [1.29, 1.82) is 0 Å². The van der Waals surface area contributed by atoms with E-state index in [1.165, 1.54) is 12.8 Å². The van der Waals surface area contributed by atoms with E-state index < -0.39 is 0 Å². The minimum atomic E-state index is 0.509. The van der Waals surface area contributed by atoms with Gasteiger partial charge in [0.05, 0.1) is 5.71 Å². The van der Waals surface area contributed by atoms with E-state index >= 15 is 0 Å². The van der Waals surface area contributed by atoms with Crippen LogP contribution in [-0.2, 0) is 0 Å². The van der Waals surface area contributed by atoms with Crippen LogP contribution < -0.4 is 0 Å². The number of rotatable bonds is 6. The first-order chi connectivity index (χ1) is 5.79. The summed E-state index contributed by atoms with van der Waals surface area (Å²) in [4.78, 5) is 0. The molecule has 0 amide bonds. The van der Waals surface area contributed by atoms with Gasteiger partial charge in [-0.1, -0.05) is 38.8 Å². The highest BCUT2D eigenvalue weighted by atomic mass is 16.4. The topological polar surface area (TPSA) is 32.6 Å². The number of nitrogens with zero attached hydrogens (tertiary/aromatic N) is 1. The lowest BCUT2D eigenvalue weighted by Crippen LogP contribution is -2.13. The average Bonchev–Trinajstić information content (AvgIpc) is 2.07. The zero-order valence-electron chi connectivity index (χ0n) is 8.51. The molecule has 0 aliphatic heterocycles. The molecule has 0 aromatic rings. The lowest BCUT2D eigenvalue weighted by Gasteiger charge is -2.14. The third kappa shape index (κ3) is 3.74. The molecule has 1 N–H and O–H groups in total. The molecule has 0 aliphatic carbocycles. The third-order valence-corrected chi connectivity index (χ3v) is 2.24. The van der Waals surface area contributed by atoms with Crippen LogP contribution in [0.25, 0.3) is 0 Å². The molecule has 0 heterocycles. The maximum atomic E-state index is 8.74. The van der Waals surface area contributed by atoms with Crippen LogP contribution >= 0.6 is 0 Å². The van der Waals surface area contributed by atoms with Crippen LogP contribution in [0.15, 0.2) is 5.16 Å². The van der Waals surface area contributed by atoms with Crippen LogP contribution in [0, 0.1) is 5.92 Å². The van der Waals surface area contributed by atoms with Gasteiger partial charge in [-0.15, -0.1) is 0 Å². The summed E-state index contributed by atoms with van der Waals surface area (Å²) in [5.74, 6) is 0.509. The SMILES string of the molecule is CCCC(CCC)/C(CC)=N/O. The van der Waals surface area contributed by atoms with Crippen molar-refractivity contribution in [3.8, 4) is 0 Å². The maximum absolute atomic E-state index is 8.74. The quantitative estimate of drug-likeness (QED) is 0.370. The Kier molecular flexibility index (Phi) is 6.82. The van der Waals surface area contributed by atoms with Crippen molar-refractivity contribution in [3.05, 3.63) is 0 Å². The lowest BCUT2D eigenvalue weighted by molar-refractivity contribution is 0.311. The summed E-state index contributed by atoms with van der Waals surface area (Å²) in [6.45, 7) is 6.40. The maximum Gasteiger partial charge on any atom is 0.0598 e. The molecule has 0 saturated carbocycles. The smallest absolute Gasteiger partial charge is 0.0598 e. The van der Waals surface area contributed by atoms with Crippen LogP contribution in [0.2, 0.25) is 0 Å². The molecule has 2 heteroatoms. The van der Waals surface area contributed by atoms with Crippen molar-refractivity contribution in [2.24, 2.45) is 11.1 Å². The first kappa shape index (κ1) is 11.5. The molecular weight excluding hydrogens is 150 g/mol. The molecule has 0 atom stereocenters. The molecule has 0 spiro atoms. The fourth-order valence-corrected chi connectivity index (χ4v) is 1.62. The Morgan fingerprint density at radius 1 is 1.17 bits per heavy atom. The van der Waals surface area contributed by atoms with Crippen molar-refractivity contribution in [2.45, 2.75) is 52.9 Å². The molecule has 2 nitrogen and oxygen atoms in total. The minimum absolute atomic E-state index is 0.509. The predicted octanol–water partition coefficient (Wildman–Crippen LogP) is 3.44. The molecule has 72 valence electrons. The molecule has 0 saturated heterocycles. The second-order valence-electron chi connectivity index (χ2n) is 3.22. The van der Waals surface area contributed by atoms with E-state index in [2.05, 4.69) is 19.0 Å². The average molecular weight is 171 g/mol. The Balaban J connectivity index is 4.06. The third-order valence-electron chi connectivity index (χ3n) is 2.24. The summed E-state index contributed by atoms with van der Waals surface area (Å²) < 4.78 is 0. The Morgan fingerprint density at radius 2 is 1.67 bits per heavy atom. The largest absolute Gasteiger partial charge is 0.411 e. The standard InChI is InChI=1S/C10H21NO/c1-4-7-9(8-5-2)10(6-3)11-12/h9,12H,4-8H2,1-3H3/b11-10+. The van der Waals surface area contributed by atoms with Crippen LogP contribution in [0.4, 0.5) is 0 Å². The molecule has 0 unspecified atom stereocenters. The van der Waals surface area contributed by atoms with Gasteiger partial charge in [0.25, 0.3) is 0 Å². The van der Waals surface area contributed by atoms with Crippen LogP contribution in [0.5, 0.6) is 0 Å². The summed E-state index contributed by atoms with van der Waals surface area (Å²) in [6.07, 6.45) is 5.52. The van der Waals surface area contributed by atoms with Crippen molar-refractivity contribution < 1.29 is 5.21 Å². The van der Waals surface area contributed by atoms with E-state index in [1.54, 1.807) is 0 Å². The Bertz CT molecular complexity index is 126. The zero-order valence-corrected chi connectivity index (χ0v) is 8.51. The van der Waals surface area contributed by atoms with E-state index in [-0.39, 0.29) is 0 Å². The number of hydrogen-bond acceptors (Lipinski definition) is 2. The van der Waals surface area contributed by atoms with Crippen LogP contribution in [0.3, 0.4) is 0 Å². The summed E-state index contributed by atoms with van der Waals surface area (Å²) in [6, 6.07) is 0. The van der Waals surface area contributed by atoms with E-state index in [4.69, 9.17) is 5.21 Å². The van der Waals surface area contributed by atoms with Crippen LogP contribution in [0.1, 0.15) is 52.9 Å². The molecule has 0 radical (unpaired) electrons. The zero-order chi connectivity index (χ0) is 9.40. The van der Waals surface area contributed by atoms with E-state index in [1.807, 2.05) is 6.92 Å². The molecule has 12 heavy (non-hydrogen) atoms. The van der Waals surface area contributed by atoms with Gasteiger partial charge in [-0.25, -0.2) is 0 Å². The molecular formula is C10H21NO. The van der Waals surface area contributed by atoms with Crippen molar-refractivity contribution in [3.63, 3.8) is 0 Å². The summed E-state index contributed by atoms with van der Waals surface area (Å²) in [5.41, 5.74) is 0.971. The van der Waals surface area contributed by atoms with Crippen molar-refractivity contribution >= 4 is 5.71 Å².